The topological polar surface area (TPSA) is 81.9 Å². The fourth-order valence-corrected chi connectivity index (χ4v) is 5.84. The van der Waals surface area contributed by atoms with Gasteiger partial charge in [-0.1, -0.05) is 99.5 Å². The van der Waals surface area contributed by atoms with E-state index in [1.807, 2.05) is 49.1 Å². The average molecular weight is 556 g/mol. The lowest BCUT2D eigenvalue weighted by Crippen LogP contribution is -2.42. The third kappa shape index (κ3) is 7.85. The van der Waals surface area contributed by atoms with Gasteiger partial charge in [-0.05, 0) is 42.4 Å². The van der Waals surface area contributed by atoms with Gasteiger partial charge in [0.15, 0.2) is 0 Å². The molecule has 5 rings (SSSR count). The minimum atomic E-state index is 0.213. The number of nitrogens with zero attached hydrogens (tertiary/aromatic N) is 4. The molecule has 1 N–H and O–H groups in total. The number of anilines is 1. The van der Waals surface area contributed by atoms with Crippen LogP contribution < -0.4 is 5.32 Å². The van der Waals surface area contributed by atoms with Gasteiger partial charge in [-0.15, -0.1) is 0 Å². The van der Waals surface area contributed by atoms with Crippen molar-refractivity contribution in [2.75, 3.05) is 18.4 Å². The molecule has 3 aromatic rings. The molecule has 1 amide bonds. The summed E-state index contributed by atoms with van der Waals surface area (Å²) in [5.41, 5.74) is 3.91. The van der Waals surface area contributed by atoms with Gasteiger partial charge in [-0.3, -0.25) is 4.79 Å². The Morgan fingerprint density at radius 2 is 1.70 bits per heavy atom. The zero-order valence-electron chi connectivity index (χ0n) is 23.7. The zero-order chi connectivity index (χ0) is 28.3. The second-order valence-corrected chi connectivity index (χ2v) is 10.9. The van der Waals surface area contributed by atoms with Gasteiger partial charge in [0.2, 0.25) is 11.9 Å². The van der Waals surface area contributed by atoms with E-state index in [-0.39, 0.29) is 18.7 Å². The Morgan fingerprint density at radius 3 is 2.40 bits per heavy atom. The van der Waals surface area contributed by atoms with Gasteiger partial charge in [-0.25, -0.2) is 15.2 Å². The molecule has 2 fully saturated rings. The molecule has 0 aliphatic carbocycles. The summed E-state index contributed by atoms with van der Waals surface area (Å²) in [4.78, 5) is 24.0. The summed E-state index contributed by atoms with van der Waals surface area (Å²) < 4.78 is 0. The predicted octanol–water partition coefficient (Wildman–Crippen LogP) is 7.64. The number of piperidine rings is 1. The van der Waals surface area contributed by atoms with Crippen LogP contribution in [0.5, 0.6) is 0 Å². The second-order valence-electron chi connectivity index (χ2n) is 10.5. The molecule has 40 heavy (non-hydrogen) atoms. The molecular weight excluding hydrogens is 517 g/mol. The molecule has 0 unspecified atom stereocenters. The van der Waals surface area contributed by atoms with E-state index in [4.69, 9.17) is 21.8 Å². The second kappa shape index (κ2) is 14.9. The SMILES string of the molecule is CC.N#CB1CCC(CCC(=O)N2CCC(Nc3ncc(Cl)c(-c4cccc(-c5ccccc5)c4)n3)CC2)CC1. The summed E-state index contributed by atoms with van der Waals surface area (Å²) in [7, 11) is 0. The van der Waals surface area contributed by atoms with Crippen molar-refractivity contribution >= 4 is 30.2 Å². The number of rotatable bonds is 7. The molecule has 2 aliphatic rings. The minimum absolute atomic E-state index is 0.213. The molecule has 8 heteroatoms. The fourth-order valence-electron chi connectivity index (χ4n) is 5.64. The normalized spacial score (nSPS) is 16.1. The maximum atomic E-state index is 12.8. The number of likely N-dealkylation sites (tertiary alicyclic amines) is 1. The van der Waals surface area contributed by atoms with Crippen molar-refractivity contribution in [3.05, 3.63) is 65.8 Å². The number of halogens is 1. The lowest BCUT2D eigenvalue weighted by molar-refractivity contribution is -0.132. The molecule has 0 atom stereocenters. The van der Waals surface area contributed by atoms with Gasteiger partial charge < -0.3 is 10.2 Å². The molecule has 0 bridgehead atoms. The van der Waals surface area contributed by atoms with E-state index in [1.165, 1.54) is 0 Å². The van der Waals surface area contributed by atoms with Crippen LogP contribution in [-0.2, 0) is 4.79 Å². The van der Waals surface area contributed by atoms with Crippen molar-refractivity contribution in [3.8, 4) is 28.4 Å². The fraction of sp³-hybridized carbons (Fsp3) is 0.438. The van der Waals surface area contributed by atoms with E-state index in [9.17, 15) is 4.79 Å². The number of aromatic nitrogens is 2. The lowest BCUT2D eigenvalue weighted by atomic mass is 9.41. The number of carbonyl (C=O) groups is 1. The molecule has 2 aliphatic heterocycles. The molecule has 0 radical (unpaired) electrons. The molecular formula is C32H39BClN5O. The number of nitrogens with one attached hydrogen (secondary N) is 1. The zero-order valence-corrected chi connectivity index (χ0v) is 24.4. The van der Waals surface area contributed by atoms with Crippen LogP contribution in [0.4, 0.5) is 5.95 Å². The Kier molecular flexibility index (Phi) is 11.0. The molecule has 6 nitrogen and oxygen atoms in total. The largest absolute Gasteiger partial charge is 0.351 e. The van der Waals surface area contributed by atoms with Crippen molar-refractivity contribution < 1.29 is 4.79 Å². The van der Waals surface area contributed by atoms with E-state index in [0.717, 1.165) is 74.5 Å². The number of carbonyl (C=O) groups excluding carboxylic acids is 1. The van der Waals surface area contributed by atoms with Crippen molar-refractivity contribution in [1.82, 2.24) is 14.9 Å². The monoisotopic (exact) mass is 555 g/mol. The van der Waals surface area contributed by atoms with Crippen LogP contribution in [0.3, 0.4) is 0 Å². The number of hydrogen-bond donors (Lipinski definition) is 1. The van der Waals surface area contributed by atoms with E-state index < -0.39 is 0 Å². The third-order valence-corrected chi connectivity index (χ3v) is 8.24. The standard InChI is InChI=1S/C30H33BClN5O.C2H6/c32-27-20-34-30(36-29(27)25-8-4-7-24(19-25)23-5-2-1-3-6-23)35-26-13-17-37(18-14-26)28(38)10-9-22-11-15-31(21-33)16-12-22;1-2/h1-8,19-20,22,26H,9-18H2,(H,34,35,36);1-2H3. The molecule has 2 saturated heterocycles. The van der Waals surface area contributed by atoms with Crippen molar-refractivity contribution in [3.63, 3.8) is 0 Å². The Balaban J connectivity index is 0.00000181. The highest BCUT2D eigenvalue weighted by atomic mass is 35.5. The lowest BCUT2D eigenvalue weighted by Gasteiger charge is -2.33. The maximum Gasteiger partial charge on any atom is 0.267 e. The quantitative estimate of drug-likeness (QED) is 0.303. The Morgan fingerprint density at radius 1 is 1.02 bits per heavy atom. The highest BCUT2D eigenvalue weighted by Gasteiger charge is 2.27. The smallest absolute Gasteiger partial charge is 0.267 e. The van der Waals surface area contributed by atoms with Gasteiger partial charge in [0, 0.05) is 37.1 Å². The summed E-state index contributed by atoms with van der Waals surface area (Å²) in [6, 6.07) is 18.7. The van der Waals surface area contributed by atoms with Gasteiger partial charge in [-0.2, -0.15) is 0 Å². The average Bonchev–Trinajstić information content (AvgIpc) is 3.03. The highest BCUT2D eigenvalue weighted by Crippen LogP contribution is 2.31. The van der Waals surface area contributed by atoms with Crippen LogP contribution in [-0.4, -0.2) is 46.6 Å². The predicted molar refractivity (Wildman–Crippen MR) is 165 cm³/mol. The third-order valence-electron chi connectivity index (χ3n) is 7.96. The first kappa shape index (κ1) is 29.6. The first-order valence-electron chi connectivity index (χ1n) is 14.7. The van der Waals surface area contributed by atoms with Gasteiger partial charge in [0.1, 0.15) is 0 Å². The van der Waals surface area contributed by atoms with E-state index >= 15 is 0 Å². The maximum absolute atomic E-state index is 12.8. The van der Waals surface area contributed by atoms with E-state index in [0.29, 0.717) is 29.0 Å². The molecule has 208 valence electrons. The minimum Gasteiger partial charge on any atom is -0.351 e. The molecule has 2 aromatic carbocycles. The number of hydrogen-bond acceptors (Lipinski definition) is 5. The van der Waals surface area contributed by atoms with Gasteiger partial charge in [0.25, 0.3) is 6.71 Å². The van der Waals surface area contributed by atoms with Crippen molar-refractivity contribution in [1.29, 1.82) is 5.26 Å². The highest BCUT2D eigenvalue weighted by molar-refractivity contribution is 6.67. The molecule has 3 heterocycles. The summed E-state index contributed by atoms with van der Waals surface area (Å²) in [5.74, 6) is 3.80. The van der Waals surface area contributed by atoms with Crippen LogP contribution in [0.1, 0.15) is 52.4 Å². The van der Waals surface area contributed by atoms with E-state index in [1.54, 1.807) is 6.20 Å². The molecule has 0 saturated carbocycles. The van der Waals surface area contributed by atoms with Crippen molar-refractivity contribution in [2.45, 2.75) is 71.1 Å². The van der Waals surface area contributed by atoms with Gasteiger partial charge >= 0.3 is 0 Å². The summed E-state index contributed by atoms with van der Waals surface area (Å²) in [6.45, 7) is 5.71. The first-order chi connectivity index (χ1) is 19.6. The molecule has 0 spiro atoms. The van der Waals surface area contributed by atoms with Crippen LogP contribution >= 0.6 is 11.6 Å². The Hall–Kier alpha value is -3.37. The van der Waals surface area contributed by atoms with Crippen LogP contribution in [0, 0.1) is 17.1 Å². The number of nitriles is 1. The van der Waals surface area contributed by atoms with Gasteiger partial charge in [0.05, 0.1) is 16.9 Å². The summed E-state index contributed by atoms with van der Waals surface area (Å²) in [5, 5.41) is 13.1. The number of amides is 1. The van der Waals surface area contributed by atoms with E-state index in [2.05, 4.69) is 40.5 Å². The molecule has 1 aromatic heterocycles. The van der Waals surface area contributed by atoms with Crippen LogP contribution in [0.15, 0.2) is 60.8 Å². The Labute approximate surface area is 244 Å². The number of benzene rings is 2. The van der Waals surface area contributed by atoms with Crippen LogP contribution in [0.2, 0.25) is 17.7 Å². The van der Waals surface area contributed by atoms with Crippen molar-refractivity contribution in [2.24, 2.45) is 5.92 Å². The summed E-state index contributed by atoms with van der Waals surface area (Å²) in [6.07, 6.45) is 9.08. The first-order valence-corrected chi connectivity index (χ1v) is 15.1. The Bertz CT molecular complexity index is 1280. The van der Waals surface area contributed by atoms with Crippen LogP contribution in [0.25, 0.3) is 22.4 Å². The summed E-state index contributed by atoms with van der Waals surface area (Å²) >= 11 is 6.51.